The first-order chi connectivity index (χ1) is 13.6. The van der Waals surface area contributed by atoms with E-state index >= 15 is 0 Å². The van der Waals surface area contributed by atoms with E-state index in [4.69, 9.17) is 4.74 Å². The molecule has 1 N–H and O–H groups in total. The monoisotopic (exact) mass is 398 g/mol. The van der Waals surface area contributed by atoms with E-state index in [1.165, 1.54) is 64.2 Å². The van der Waals surface area contributed by atoms with Crippen molar-refractivity contribution >= 4 is 11.9 Å². The molecule has 0 saturated carbocycles. The van der Waals surface area contributed by atoms with E-state index in [1.54, 1.807) is 0 Å². The van der Waals surface area contributed by atoms with Gasteiger partial charge in [-0.1, -0.05) is 104 Å². The molecule has 0 aliphatic heterocycles. The van der Waals surface area contributed by atoms with Crippen LogP contribution in [-0.2, 0) is 14.3 Å². The van der Waals surface area contributed by atoms with Gasteiger partial charge in [-0.3, -0.25) is 9.59 Å². The number of ether oxygens (including phenoxy) is 1. The van der Waals surface area contributed by atoms with Crippen LogP contribution in [-0.4, -0.2) is 23.7 Å². The predicted octanol–water partition coefficient (Wildman–Crippen LogP) is 7.15. The first-order valence-corrected chi connectivity index (χ1v) is 12.0. The highest BCUT2D eigenvalue weighted by Gasteiger charge is 2.27. The van der Waals surface area contributed by atoms with Crippen molar-refractivity contribution in [3.05, 3.63) is 0 Å². The normalized spacial score (nSPS) is 13.2. The second-order valence-electron chi connectivity index (χ2n) is 8.29. The average Bonchev–Trinajstić information content (AvgIpc) is 2.68. The van der Waals surface area contributed by atoms with Gasteiger partial charge in [-0.2, -0.15) is 0 Å². The lowest BCUT2D eigenvalue weighted by molar-refractivity contribution is -0.160. The van der Waals surface area contributed by atoms with Crippen LogP contribution in [0.15, 0.2) is 0 Å². The van der Waals surface area contributed by atoms with E-state index in [2.05, 4.69) is 20.8 Å². The molecule has 0 aromatic carbocycles. The zero-order valence-electron chi connectivity index (χ0n) is 18.8. The summed E-state index contributed by atoms with van der Waals surface area (Å²) >= 11 is 0. The fraction of sp³-hybridized carbons (Fsp3) is 0.917. The average molecular weight is 399 g/mol. The molecule has 0 heterocycles. The van der Waals surface area contributed by atoms with Gasteiger partial charge in [-0.05, 0) is 25.2 Å². The molecular formula is C24H46O4. The third kappa shape index (κ3) is 14.9. The van der Waals surface area contributed by atoms with Crippen molar-refractivity contribution in [3.63, 3.8) is 0 Å². The van der Waals surface area contributed by atoms with Gasteiger partial charge in [0.1, 0.15) is 0 Å². The van der Waals surface area contributed by atoms with Crippen molar-refractivity contribution in [2.45, 2.75) is 124 Å². The number of rotatable bonds is 20. The number of unbranched alkanes of at least 4 members (excludes halogenated alkanes) is 10. The molecule has 0 spiro atoms. The maximum Gasteiger partial charge on any atom is 0.320 e. The lowest BCUT2D eigenvalue weighted by Gasteiger charge is -2.19. The Morgan fingerprint density at radius 2 is 1.11 bits per heavy atom. The molecule has 2 unspecified atom stereocenters. The van der Waals surface area contributed by atoms with Gasteiger partial charge in [0.2, 0.25) is 0 Å². The number of aliphatic carboxylic acids is 1. The Balaban J connectivity index is 4.38. The van der Waals surface area contributed by atoms with E-state index < -0.39 is 17.9 Å². The molecule has 0 aliphatic rings. The van der Waals surface area contributed by atoms with Crippen LogP contribution in [0.3, 0.4) is 0 Å². The standard InChI is InChI=1S/C24H46O4/c1-4-7-10-12-13-16-18-21(17-15-11-8-5-2)20-28-24(27)22(23(25)26)19-14-9-6-3/h21-22H,4-20H2,1-3H3,(H,25,26). The molecule has 2 atom stereocenters. The minimum Gasteiger partial charge on any atom is -0.481 e. The van der Waals surface area contributed by atoms with Crippen LogP contribution in [0.5, 0.6) is 0 Å². The van der Waals surface area contributed by atoms with E-state index in [1.807, 2.05) is 0 Å². The van der Waals surface area contributed by atoms with Gasteiger partial charge in [-0.15, -0.1) is 0 Å². The minimum absolute atomic E-state index is 0.372. The Morgan fingerprint density at radius 3 is 1.64 bits per heavy atom. The zero-order chi connectivity index (χ0) is 21.0. The highest BCUT2D eigenvalue weighted by Crippen LogP contribution is 2.21. The molecule has 4 heteroatoms. The SMILES string of the molecule is CCCCCCCCC(CCCCCC)COC(=O)C(CCCCC)C(=O)O. The summed E-state index contributed by atoms with van der Waals surface area (Å²) in [5, 5.41) is 9.35. The molecule has 0 aromatic heterocycles. The molecule has 0 saturated heterocycles. The molecule has 166 valence electrons. The molecule has 0 rings (SSSR count). The zero-order valence-corrected chi connectivity index (χ0v) is 18.8. The van der Waals surface area contributed by atoms with Gasteiger partial charge in [-0.25, -0.2) is 0 Å². The molecule has 0 bridgehead atoms. The summed E-state index contributed by atoms with van der Waals surface area (Å²) in [4.78, 5) is 23.7. The Bertz CT molecular complexity index is 381. The summed E-state index contributed by atoms with van der Waals surface area (Å²) in [5.74, 6) is -2.21. The number of carbonyl (C=O) groups is 2. The summed E-state index contributed by atoms with van der Waals surface area (Å²) in [6, 6.07) is 0. The smallest absolute Gasteiger partial charge is 0.320 e. The summed E-state index contributed by atoms with van der Waals surface area (Å²) in [6.07, 6.45) is 17.7. The van der Waals surface area contributed by atoms with E-state index in [0.717, 1.165) is 32.1 Å². The van der Waals surface area contributed by atoms with Crippen LogP contribution in [0.1, 0.15) is 124 Å². The molecule has 0 aliphatic carbocycles. The number of esters is 1. The molecule has 0 radical (unpaired) electrons. The summed E-state index contributed by atoms with van der Waals surface area (Å²) < 4.78 is 5.49. The van der Waals surface area contributed by atoms with Crippen LogP contribution in [0, 0.1) is 11.8 Å². The molecule has 4 nitrogen and oxygen atoms in total. The fourth-order valence-corrected chi connectivity index (χ4v) is 3.63. The fourth-order valence-electron chi connectivity index (χ4n) is 3.63. The Labute approximate surface area is 173 Å². The van der Waals surface area contributed by atoms with Gasteiger partial charge in [0.05, 0.1) is 6.61 Å². The molecule has 0 fully saturated rings. The lowest BCUT2D eigenvalue weighted by Crippen LogP contribution is -2.27. The van der Waals surface area contributed by atoms with Crippen LogP contribution in [0.25, 0.3) is 0 Å². The third-order valence-electron chi connectivity index (χ3n) is 5.57. The Morgan fingerprint density at radius 1 is 0.679 bits per heavy atom. The van der Waals surface area contributed by atoms with Crippen LogP contribution in [0.4, 0.5) is 0 Å². The Kier molecular flexibility index (Phi) is 18.5. The van der Waals surface area contributed by atoms with Crippen molar-refractivity contribution in [2.75, 3.05) is 6.61 Å². The summed E-state index contributed by atoms with van der Waals surface area (Å²) in [5.41, 5.74) is 0. The van der Waals surface area contributed by atoms with Crippen LogP contribution < -0.4 is 0 Å². The molecular weight excluding hydrogens is 352 g/mol. The second kappa shape index (κ2) is 19.3. The predicted molar refractivity (Wildman–Crippen MR) is 116 cm³/mol. The maximum absolute atomic E-state index is 12.3. The van der Waals surface area contributed by atoms with Crippen molar-refractivity contribution in [3.8, 4) is 0 Å². The quantitative estimate of drug-likeness (QED) is 0.134. The molecule has 0 amide bonds. The van der Waals surface area contributed by atoms with E-state index in [9.17, 15) is 14.7 Å². The van der Waals surface area contributed by atoms with Gasteiger partial charge in [0.15, 0.2) is 5.92 Å². The van der Waals surface area contributed by atoms with Crippen molar-refractivity contribution in [1.29, 1.82) is 0 Å². The number of carboxylic acids is 1. The van der Waals surface area contributed by atoms with Crippen LogP contribution in [0.2, 0.25) is 0 Å². The summed E-state index contributed by atoms with van der Waals surface area (Å²) in [7, 11) is 0. The second-order valence-corrected chi connectivity index (χ2v) is 8.29. The molecule has 0 aromatic rings. The number of hydrogen-bond acceptors (Lipinski definition) is 3. The lowest BCUT2D eigenvalue weighted by atomic mass is 9.95. The number of carboxylic acid groups (broad SMARTS) is 1. The highest BCUT2D eigenvalue weighted by atomic mass is 16.5. The third-order valence-corrected chi connectivity index (χ3v) is 5.57. The van der Waals surface area contributed by atoms with Crippen LogP contribution >= 0.6 is 0 Å². The van der Waals surface area contributed by atoms with Crippen molar-refractivity contribution in [2.24, 2.45) is 11.8 Å². The first-order valence-electron chi connectivity index (χ1n) is 12.0. The van der Waals surface area contributed by atoms with Crippen molar-refractivity contribution < 1.29 is 19.4 Å². The Hall–Kier alpha value is -1.06. The highest BCUT2D eigenvalue weighted by molar-refractivity contribution is 5.93. The van der Waals surface area contributed by atoms with Gasteiger partial charge >= 0.3 is 11.9 Å². The minimum atomic E-state index is -1.04. The van der Waals surface area contributed by atoms with E-state index in [-0.39, 0.29) is 0 Å². The van der Waals surface area contributed by atoms with E-state index in [0.29, 0.717) is 18.9 Å². The van der Waals surface area contributed by atoms with Gasteiger partial charge in [0, 0.05) is 0 Å². The molecule has 28 heavy (non-hydrogen) atoms. The number of carbonyl (C=O) groups excluding carboxylic acids is 1. The maximum atomic E-state index is 12.3. The first kappa shape index (κ1) is 26.9. The van der Waals surface area contributed by atoms with Gasteiger partial charge in [0.25, 0.3) is 0 Å². The topological polar surface area (TPSA) is 63.6 Å². The largest absolute Gasteiger partial charge is 0.481 e. The number of hydrogen-bond donors (Lipinski definition) is 1. The summed E-state index contributed by atoms with van der Waals surface area (Å²) in [6.45, 7) is 6.89. The van der Waals surface area contributed by atoms with Crippen molar-refractivity contribution in [1.82, 2.24) is 0 Å². The van der Waals surface area contributed by atoms with Gasteiger partial charge < -0.3 is 9.84 Å².